The van der Waals surface area contributed by atoms with E-state index >= 15 is 0 Å². The zero-order valence-corrected chi connectivity index (χ0v) is 12.4. The number of benzene rings is 1. The molecule has 0 aliphatic heterocycles. The lowest BCUT2D eigenvalue weighted by molar-refractivity contribution is 0.0752. The Bertz CT molecular complexity index is 407. The quantitative estimate of drug-likeness (QED) is 0.763. The van der Waals surface area contributed by atoms with Crippen molar-refractivity contribution in [2.75, 3.05) is 18.8 Å². The fourth-order valence-corrected chi connectivity index (χ4v) is 2.06. The summed E-state index contributed by atoms with van der Waals surface area (Å²) < 4.78 is 0. The molecule has 0 saturated carbocycles. The number of hydrogen-bond acceptors (Lipinski definition) is 2. The van der Waals surface area contributed by atoms with Gasteiger partial charge in [0.1, 0.15) is 0 Å². The maximum Gasteiger partial charge on any atom is 0.255 e. The van der Waals surface area contributed by atoms with Gasteiger partial charge in [-0.2, -0.15) is 0 Å². The van der Waals surface area contributed by atoms with Crippen molar-refractivity contribution < 1.29 is 4.79 Å². The minimum atomic E-state index is 0.0689. The number of hydrogen-bond donors (Lipinski definition) is 1. The molecule has 1 aromatic carbocycles. The van der Waals surface area contributed by atoms with Crippen molar-refractivity contribution in [3.8, 4) is 0 Å². The van der Waals surface area contributed by atoms with E-state index < -0.39 is 0 Å². The summed E-state index contributed by atoms with van der Waals surface area (Å²) in [6.45, 7) is 7.91. The number of carbonyl (C=O) groups excluding carboxylic acids is 1. The van der Waals surface area contributed by atoms with Gasteiger partial charge in [0.25, 0.3) is 5.91 Å². The van der Waals surface area contributed by atoms with E-state index in [0.29, 0.717) is 11.3 Å². The Labute approximate surface area is 116 Å². The van der Waals surface area contributed by atoms with Crippen LogP contribution >= 0.6 is 0 Å². The van der Waals surface area contributed by atoms with Gasteiger partial charge in [-0.05, 0) is 37.5 Å². The molecule has 1 aromatic rings. The molecular weight excluding hydrogens is 236 g/mol. The molecule has 1 rings (SSSR count). The van der Waals surface area contributed by atoms with Crippen LogP contribution < -0.4 is 5.73 Å². The minimum Gasteiger partial charge on any atom is -0.398 e. The van der Waals surface area contributed by atoms with Crippen LogP contribution in [-0.4, -0.2) is 23.9 Å². The van der Waals surface area contributed by atoms with Gasteiger partial charge in [0, 0.05) is 18.8 Å². The van der Waals surface area contributed by atoms with E-state index in [1.165, 1.54) is 0 Å². The normalized spacial score (nSPS) is 10.5. The molecule has 0 aliphatic carbocycles. The second-order valence-corrected chi connectivity index (χ2v) is 5.09. The molecule has 3 nitrogen and oxygen atoms in total. The van der Waals surface area contributed by atoms with E-state index in [2.05, 4.69) is 13.8 Å². The number of carbonyl (C=O) groups is 1. The Morgan fingerprint density at radius 2 is 1.74 bits per heavy atom. The van der Waals surface area contributed by atoms with Gasteiger partial charge in [0.05, 0.1) is 5.56 Å². The molecular formula is C16H26N2O. The van der Waals surface area contributed by atoms with Crippen LogP contribution in [0.15, 0.2) is 18.2 Å². The lowest BCUT2D eigenvalue weighted by Crippen LogP contribution is -2.33. The second-order valence-electron chi connectivity index (χ2n) is 5.09. The number of nitrogens with two attached hydrogens (primary N) is 1. The SMILES string of the molecule is CCCCN(CCCC)C(=O)c1ccc(C)cc1N. The first kappa shape index (κ1) is 15.5. The number of aryl methyl sites for hydroxylation is 1. The van der Waals surface area contributed by atoms with Crippen LogP contribution in [0.3, 0.4) is 0 Å². The van der Waals surface area contributed by atoms with Gasteiger partial charge in [-0.25, -0.2) is 0 Å². The molecule has 106 valence electrons. The number of anilines is 1. The Kier molecular flexibility index (Phi) is 6.40. The molecule has 0 saturated heterocycles. The van der Waals surface area contributed by atoms with Crippen molar-refractivity contribution in [3.05, 3.63) is 29.3 Å². The first-order valence-corrected chi connectivity index (χ1v) is 7.25. The molecule has 0 fully saturated rings. The number of nitrogen functional groups attached to an aromatic ring is 1. The zero-order chi connectivity index (χ0) is 14.3. The molecule has 0 aromatic heterocycles. The zero-order valence-electron chi connectivity index (χ0n) is 12.4. The van der Waals surface area contributed by atoms with Gasteiger partial charge in [-0.3, -0.25) is 4.79 Å². The van der Waals surface area contributed by atoms with E-state index in [1.54, 1.807) is 0 Å². The largest absolute Gasteiger partial charge is 0.398 e. The molecule has 0 heterocycles. The maximum atomic E-state index is 12.5. The predicted molar refractivity (Wildman–Crippen MR) is 81.3 cm³/mol. The van der Waals surface area contributed by atoms with Gasteiger partial charge in [0.15, 0.2) is 0 Å². The fourth-order valence-electron chi connectivity index (χ4n) is 2.06. The lowest BCUT2D eigenvalue weighted by Gasteiger charge is -2.23. The van der Waals surface area contributed by atoms with E-state index in [9.17, 15) is 4.79 Å². The van der Waals surface area contributed by atoms with Gasteiger partial charge < -0.3 is 10.6 Å². The van der Waals surface area contributed by atoms with Crippen molar-refractivity contribution in [3.63, 3.8) is 0 Å². The van der Waals surface area contributed by atoms with Crippen molar-refractivity contribution in [1.82, 2.24) is 4.90 Å². The highest BCUT2D eigenvalue weighted by atomic mass is 16.2. The third kappa shape index (κ3) is 4.58. The molecule has 19 heavy (non-hydrogen) atoms. The first-order chi connectivity index (χ1) is 9.10. The van der Waals surface area contributed by atoms with E-state index in [1.807, 2.05) is 30.0 Å². The van der Waals surface area contributed by atoms with Crippen LogP contribution in [0, 0.1) is 6.92 Å². The molecule has 0 unspecified atom stereocenters. The smallest absolute Gasteiger partial charge is 0.255 e. The van der Waals surface area contributed by atoms with Gasteiger partial charge >= 0.3 is 0 Å². The summed E-state index contributed by atoms with van der Waals surface area (Å²) in [7, 11) is 0. The predicted octanol–water partition coefficient (Wildman–Crippen LogP) is 3.62. The molecule has 1 amide bonds. The third-order valence-electron chi connectivity index (χ3n) is 3.29. The Morgan fingerprint density at radius 3 is 2.21 bits per heavy atom. The lowest BCUT2D eigenvalue weighted by atomic mass is 10.1. The second kappa shape index (κ2) is 7.82. The van der Waals surface area contributed by atoms with Gasteiger partial charge in [0.2, 0.25) is 0 Å². The van der Waals surface area contributed by atoms with Crippen molar-refractivity contribution in [1.29, 1.82) is 0 Å². The number of rotatable bonds is 7. The van der Waals surface area contributed by atoms with E-state index in [-0.39, 0.29) is 5.91 Å². The van der Waals surface area contributed by atoms with Crippen LogP contribution in [-0.2, 0) is 0 Å². The third-order valence-corrected chi connectivity index (χ3v) is 3.29. The monoisotopic (exact) mass is 262 g/mol. The first-order valence-electron chi connectivity index (χ1n) is 7.25. The highest BCUT2D eigenvalue weighted by Gasteiger charge is 2.17. The Morgan fingerprint density at radius 1 is 1.16 bits per heavy atom. The summed E-state index contributed by atoms with van der Waals surface area (Å²) in [6.07, 6.45) is 4.28. The average Bonchev–Trinajstić information content (AvgIpc) is 2.38. The maximum absolute atomic E-state index is 12.5. The van der Waals surface area contributed by atoms with E-state index in [4.69, 9.17) is 5.73 Å². The Balaban J connectivity index is 2.84. The van der Waals surface area contributed by atoms with Gasteiger partial charge in [-0.1, -0.05) is 32.8 Å². The summed E-state index contributed by atoms with van der Waals surface area (Å²) in [5, 5.41) is 0. The number of nitrogens with zero attached hydrogens (tertiary/aromatic N) is 1. The highest BCUT2D eigenvalue weighted by Crippen LogP contribution is 2.17. The minimum absolute atomic E-state index is 0.0689. The van der Waals surface area contributed by atoms with E-state index in [0.717, 1.165) is 44.3 Å². The van der Waals surface area contributed by atoms with Crippen molar-refractivity contribution in [2.45, 2.75) is 46.5 Å². The van der Waals surface area contributed by atoms with Crippen LogP contribution in [0.5, 0.6) is 0 Å². The Hall–Kier alpha value is -1.51. The molecule has 0 bridgehead atoms. The van der Waals surface area contributed by atoms with Crippen LogP contribution in [0.2, 0.25) is 0 Å². The molecule has 3 heteroatoms. The number of amides is 1. The van der Waals surface area contributed by atoms with Crippen LogP contribution in [0.25, 0.3) is 0 Å². The van der Waals surface area contributed by atoms with Crippen LogP contribution in [0.4, 0.5) is 5.69 Å². The van der Waals surface area contributed by atoms with Crippen LogP contribution in [0.1, 0.15) is 55.5 Å². The molecule has 0 radical (unpaired) electrons. The topological polar surface area (TPSA) is 46.3 Å². The average molecular weight is 262 g/mol. The number of unbranched alkanes of at least 4 members (excludes halogenated alkanes) is 2. The van der Waals surface area contributed by atoms with Gasteiger partial charge in [-0.15, -0.1) is 0 Å². The van der Waals surface area contributed by atoms with Crippen molar-refractivity contribution >= 4 is 11.6 Å². The summed E-state index contributed by atoms with van der Waals surface area (Å²) >= 11 is 0. The molecule has 0 atom stereocenters. The highest BCUT2D eigenvalue weighted by molar-refractivity contribution is 5.99. The molecule has 0 aliphatic rings. The fraction of sp³-hybridized carbons (Fsp3) is 0.562. The van der Waals surface area contributed by atoms with Crippen molar-refractivity contribution in [2.24, 2.45) is 0 Å². The molecule has 0 spiro atoms. The standard InChI is InChI=1S/C16H26N2O/c1-4-6-10-18(11-7-5-2)16(19)14-9-8-13(3)12-15(14)17/h8-9,12H,4-7,10-11,17H2,1-3H3. The summed E-state index contributed by atoms with van der Waals surface area (Å²) in [6, 6.07) is 5.66. The summed E-state index contributed by atoms with van der Waals surface area (Å²) in [5.74, 6) is 0.0689. The summed E-state index contributed by atoms with van der Waals surface area (Å²) in [5.41, 5.74) is 8.28. The molecule has 2 N–H and O–H groups in total. The summed E-state index contributed by atoms with van der Waals surface area (Å²) in [4.78, 5) is 14.5.